The van der Waals surface area contributed by atoms with Crippen LogP contribution >= 0.6 is 0 Å². The van der Waals surface area contributed by atoms with Crippen LogP contribution in [0.5, 0.6) is 0 Å². The SMILES string of the molecule is Cn1ncc(N2CCNCC2)n1. The molecule has 2 rings (SSSR count). The van der Waals surface area contributed by atoms with E-state index in [1.165, 1.54) is 0 Å². The maximum Gasteiger partial charge on any atom is 0.171 e. The smallest absolute Gasteiger partial charge is 0.171 e. The Bertz CT molecular complexity index is 250. The van der Waals surface area contributed by atoms with Gasteiger partial charge >= 0.3 is 0 Å². The highest BCUT2D eigenvalue weighted by Crippen LogP contribution is 2.07. The summed E-state index contributed by atoms with van der Waals surface area (Å²) in [6.45, 7) is 4.13. The van der Waals surface area contributed by atoms with Gasteiger partial charge in [0.15, 0.2) is 5.82 Å². The average molecular weight is 167 g/mol. The van der Waals surface area contributed by atoms with Crippen LogP contribution < -0.4 is 10.2 Å². The van der Waals surface area contributed by atoms with Gasteiger partial charge in [-0.15, -0.1) is 5.10 Å². The maximum absolute atomic E-state index is 4.24. The summed E-state index contributed by atoms with van der Waals surface area (Å²) in [4.78, 5) is 3.83. The minimum Gasteiger partial charge on any atom is -0.351 e. The summed E-state index contributed by atoms with van der Waals surface area (Å²) >= 11 is 0. The van der Waals surface area contributed by atoms with E-state index in [4.69, 9.17) is 0 Å². The van der Waals surface area contributed by atoms with Crippen molar-refractivity contribution in [3.63, 3.8) is 0 Å². The zero-order valence-corrected chi connectivity index (χ0v) is 7.19. The molecule has 0 atom stereocenters. The lowest BCUT2D eigenvalue weighted by Gasteiger charge is -2.26. The minimum atomic E-state index is 0.985. The lowest BCUT2D eigenvalue weighted by Crippen LogP contribution is -2.43. The van der Waals surface area contributed by atoms with E-state index in [1.54, 1.807) is 4.80 Å². The number of nitrogens with zero attached hydrogens (tertiary/aromatic N) is 4. The molecule has 1 fully saturated rings. The fourth-order valence-corrected chi connectivity index (χ4v) is 1.37. The Morgan fingerprint density at radius 3 is 2.75 bits per heavy atom. The van der Waals surface area contributed by atoms with Crippen molar-refractivity contribution in [2.75, 3.05) is 31.1 Å². The fourth-order valence-electron chi connectivity index (χ4n) is 1.37. The van der Waals surface area contributed by atoms with Crippen molar-refractivity contribution in [2.45, 2.75) is 0 Å². The first-order chi connectivity index (χ1) is 5.86. The van der Waals surface area contributed by atoms with Crippen molar-refractivity contribution in [3.05, 3.63) is 6.20 Å². The molecule has 0 unspecified atom stereocenters. The monoisotopic (exact) mass is 167 g/mol. The molecular formula is C7H13N5. The van der Waals surface area contributed by atoms with Crippen LogP contribution in [0.25, 0.3) is 0 Å². The van der Waals surface area contributed by atoms with Gasteiger partial charge in [0.25, 0.3) is 0 Å². The van der Waals surface area contributed by atoms with E-state index in [-0.39, 0.29) is 0 Å². The van der Waals surface area contributed by atoms with Crippen molar-refractivity contribution >= 4 is 5.82 Å². The standard InChI is InChI=1S/C7H13N5/c1-11-9-6-7(10-11)12-4-2-8-3-5-12/h6,8H,2-5H2,1H3. The molecule has 1 aliphatic heterocycles. The van der Waals surface area contributed by atoms with Gasteiger partial charge in [0, 0.05) is 33.2 Å². The molecule has 5 heteroatoms. The third-order valence-corrected chi connectivity index (χ3v) is 2.03. The molecule has 0 aliphatic carbocycles. The highest BCUT2D eigenvalue weighted by Gasteiger charge is 2.12. The molecule has 1 aliphatic rings. The predicted octanol–water partition coefficient (Wildman–Crippen LogP) is -0.775. The number of aromatic nitrogens is 3. The summed E-state index contributed by atoms with van der Waals surface area (Å²) < 4.78 is 0. The molecule has 1 saturated heterocycles. The summed E-state index contributed by atoms with van der Waals surface area (Å²) in [5, 5.41) is 11.6. The van der Waals surface area contributed by atoms with Crippen LogP contribution in [0.1, 0.15) is 0 Å². The Balaban J connectivity index is 2.08. The highest BCUT2D eigenvalue weighted by atomic mass is 15.5. The van der Waals surface area contributed by atoms with Crippen LogP contribution in [0.4, 0.5) is 5.82 Å². The largest absolute Gasteiger partial charge is 0.351 e. The second-order valence-corrected chi connectivity index (χ2v) is 2.93. The van der Waals surface area contributed by atoms with E-state index in [0.717, 1.165) is 32.0 Å². The summed E-state index contributed by atoms with van der Waals surface area (Å²) in [5.41, 5.74) is 0. The minimum absolute atomic E-state index is 0.985. The molecule has 2 heterocycles. The summed E-state index contributed by atoms with van der Waals surface area (Å²) in [5.74, 6) is 0.985. The van der Waals surface area contributed by atoms with Crippen LogP contribution in [0, 0.1) is 0 Å². The predicted molar refractivity (Wildman–Crippen MR) is 46.1 cm³/mol. The Morgan fingerprint density at radius 2 is 2.17 bits per heavy atom. The van der Waals surface area contributed by atoms with E-state index >= 15 is 0 Å². The van der Waals surface area contributed by atoms with Gasteiger partial charge < -0.3 is 10.2 Å². The molecule has 0 saturated carbocycles. The Labute approximate surface area is 71.4 Å². The molecule has 0 bridgehead atoms. The lowest BCUT2D eigenvalue weighted by atomic mass is 10.4. The molecule has 1 aromatic heterocycles. The Morgan fingerprint density at radius 1 is 1.42 bits per heavy atom. The Kier molecular flexibility index (Phi) is 1.95. The second kappa shape index (κ2) is 3.10. The molecule has 0 aromatic carbocycles. The summed E-state index contributed by atoms with van der Waals surface area (Å²) in [6, 6.07) is 0. The van der Waals surface area contributed by atoms with Gasteiger partial charge in [0.05, 0.1) is 6.20 Å². The van der Waals surface area contributed by atoms with Crippen LogP contribution in [0.2, 0.25) is 0 Å². The van der Waals surface area contributed by atoms with Crippen molar-refractivity contribution in [1.82, 2.24) is 20.3 Å². The van der Waals surface area contributed by atoms with Crippen LogP contribution in [-0.4, -0.2) is 41.2 Å². The van der Waals surface area contributed by atoms with Gasteiger partial charge in [-0.25, -0.2) is 0 Å². The van der Waals surface area contributed by atoms with Crippen molar-refractivity contribution in [3.8, 4) is 0 Å². The zero-order valence-electron chi connectivity index (χ0n) is 7.19. The van der Waals surface area contributed by atoms with E-state index in [0.29, 0.717) is 0 Å². The van der Waals surface area contributed by atoms with E-state index < -0.39 is 0 Å². The normalized spacial score (nSPS) is 18.2. The van der Waals surface area contributed by atoms with Gasteiger partial charge in [0.2, 0.25) is 0 Å². The molecule has 5 nitrogen and oxygen atoms in total. The number of hydrogen-bond donors (Lipinski definition) is 1. The topological polar surface area (TPSA) is 46.0 Å². The molecule has 0 amide bonds. The van der Waals surface area contributed by atoms with Crippen LogP contribution in [-0.2, 0) is 7.05 Å². The van der Waals surface area contributed by atoms with E-state index in [1.807, 2.05) is 13.2 Å². The molecule has 12 heavy (non-hydrogen) atoms. The number of hydrogen-bond acceptors (Lipinski definition) is 4. The van der Waals surface area contributed by atoms with Gasteiger partial charge in [-0.2, -0.15) is 9.90 Å². The van der Waals surface area contributed by atoms with Crippen molar-refractivity contribution in [1.29, 1.82) is 0 Å². The number of rotatable bonds is 1. The van der Waals surface area contributed by atoms with E-state index in [2.05, 4.69) is 20.4 Å². The molecular weight excluding hydrogens is 154 g/mol. The van der Waals surface area contributed by atoms with Crippen LogP contribution in [0.3, 0.4) is 0 Å². The first-order valence-corrected chi connectivity index (χ1v) is 4.18. The van der Waals surface area contributed by atoms with Crippen molar-refractivity contribution in [2.24, 2.45) is 7.05 Å². The maximum atomic E-state index is 4.24. The van der Waals surface area contributed by atoms with Crippen LogP contribution in [0.15, 0.2) is 6.20 Å². The third-order valence-electron chi connectivity index (χ3n) is 2.03. The number of anilines is 1. The van der Waals surface area contributed by atoms with Gasteiger partial charge in [-0.1, -0.05) is 0 Å². The quantitative estimate of drug-likeness (QED) is 0.596. The second-order valence-electron chi connectivity index (χ2n) is 2.93. The first kappa shape index (κ1) is 7.54. The Hall–Kier alpha value is -1.10. The van der Waals surface area contributed by atoms with Gasteiger partial charge in [-0.05, 0) is 0 Å². The van der Waals surface area contributed by atoms with Crippen molar-refractivity contribution < 1.29 is 0 Å². The average Bonchev–Trinajstić information content (AvgIpc) is 2.54. The molecule has 1 aromatic rings. The number of aryl methyl sites for hydroxylation is 1. The van der Waals surface area contributed by atoms with E-state index in [9.17, 15) is 0 Å². The number of nitrogens with one attached hydrogen (secondary N) is 1. The molecule has 66 valence electrons. The number of piperazine rings is 1. The zero-order chi connectivity index (χ0) is 8.39. The third kappa shape index (κ3) is 1.40. The lowest BCUT2D eigenvalue weighted by molar-refractivity contribution is 0.578. The first-order valence-electron chi connectivity index (χ1n) is 4.18. The summed E-state index contributed by atoms with van der Waals surface area (Å²) in [7, 11) is 1.84. The van der Waals surface area contributed by atoms with Gasteiger partial charge in [0.1, 0.15) is 0 Å². The summed E-state index contributed by atoms with van der Waals surface area (Å²) in [6.07, 6.45) is 1.81. The fraction of sp³-hybridized carbons (Fsp3) is 0.714. The molecule has 1 N–H and O–H groups in total. The molecule has 0 spiro atoms. The highest BCUT2D eigenvalue weighted by molar-refractivity contribution is 5.34. The van der Waals surface area contributed by atoms with Gasteiger partial charge in [-0.3, -0.25) is 0 Å². The molecule has 0 radical (unpaired) electrons.